The number of nitrogens with one attached hydrogen (secondary N) is 1. The number of aryl methyl sites for hydroxylation is 2. The molecule has 4 heteroatoms. The number of aromatic carboxylic acids is 1. The summed E-state index contributed by atoms with van der Waals surface area (Å²) in [6.07, 6.45) is 3.42. The largest absolute Gasteiger partial charge is 0.478 e. The van der Waals surface area contributed by atoms with Crippen molar-refractivity contribution in [3.63, 3.8) is 0 Å². The molecule has 0 fully saturated rings. The van der Waals surface area contributed by atoms with Gasteiger partial charge in [-0.15, -0.1) is 0 Å². The first-order chi connectivity index (χ1) is 8.56. The van der Waals surface area contributed by atoms with Crippen LogP contribution in [-0.2, 0) is 0 Å². The fourth-order valence-electron chi connectivity index (χ4n) is 1.73. The molecule has 2 aromatic rings. The lowest BCUT2D eigenvalue weighted by atomic mass is 10.1. The normalized spacial score (nSPS) is 10.1. The van der Waals surface area contributed by atoms with Crippen molar-refractivity contribution in [3.8, 4) is 0 Å². The van der Waals surface area contributed by atoms with Crippen molar-refractivity contribution in [2.24, 2.45) is 0 Å². The highest BCUT2D eigenvalue weighted by molar-refractivity contribution is 5.95. The Bertz CT molecular complexity index is 594. The van der Waals surface area contributed by atoms with E-state index >= 15 is 0 Å². The van der Waals surface area contributed by atoms with Crippen LogP contribution in [0.25, 0.3) is 0 Å². The standard InChI is InChI=1S/C14H14N2O2/c1-9-3-4-12(14(17)18)13(6-9)16-11-5-10(2)7-15-8-11/h3-8,16H,1-2H3,(H,17,18). The number of benzene rings is 1. The topological polar surface area (TPSA) is 62.2 Å². The van der Waals surface area contributed by atoms with Gasteiger partial charge in [0.1, 0.15) is 0 Å². The van der Waals surface area contributed by atoms with E-state index in [0.717, 1.165) is 16.8 Å². The Labute approximate surface area is 105 Å². The summed E-state index contributed by atoms with van der Waals surface area (Å²) in [5.41, 5.74) is 3.63. The molecular weight excluding hydrogens is 228 g/mol. The van der Waals surface area contributed by atoms with Crippen LogP contribution in [0.3, 0.4) is 0 Å². The van der Waals surface area contributed by atoms with Crippen molar-refractivity contribution in [1.29, 1.82) is 0 Å². The summed E-state index contributed by atoms with van der Waals surface area (Å²) in [6.45, 7) is 3.86. The Morgan fingerprint density at radius 2 is 1.94 bits per heavy atom. The first kappa shape index (κ1) is 12.1. The summed E-state index contributed by atoms with van der Waals surface area (Å²) in [5.74, 6) is -0.946. The molecule has 2 rings (SSSR count). The lowest BCUT2D eigenvalue weighted by Crippen LogP contribution is -2.03. The van der Waals surface area contributed by atoms with Gasteiger partial charge in [0.05, 0.1) is 23.1 Å². The van der Waals surface area contributed by atoms with E-state index < -0.39 is 5.97 Å². The van der Waals surface area contributed by atoms with E-state index in [4.69, 9.17) is 5.11 Å². The number of pyridine rings is 1. The average molecular weight is 242 g/mol. The van der Waals surface area contributed by atoms with Crippen molar-refractivity contribution in [1.82, 2.24) is 4.98 Å². The number of carboxylic acid groups (broad SMARTS) is 1. The van der Waals surface area contributed by atoms with Gasteiger partial charge in [0.25, 0.3) is 0 Å². The van der Waals surface area contributed by atoms with Gasteiger partial charge in [0, 0.05) is 6.20 Å². The fourth-order valence-corrected chi connectivity index (χ4v) is 1.73. The van der Waals surface area contributed by atoms with Gasteiger partial charge < -0.3 is 10.4 Å². The predicted octanol–water partition coefficient (Wildman–Crippen LogP) is 3.14. The lowest BCUT2D eigenvalue weighted by molar-refractivity contribution is 0.0698. The Morgan fingerprint density at radius 1 is 1.17 bits per heavy atom. The Hall–Kier alpha value is -2.36. The molecule has 0 unspecified atom stereocenters. The number of hydrogen-bond acceptors (Lipinski definition) is 3. The summed E-state index contributed by atoms with van der Waals surface area (Å²) in [7, 11) is 0. The van der Waals surface area contributed by atoms with Crippen LogP contribution in [0, 0.1) is 13.8 Å². The zero-order chi connectivity index (χ0) is 13.1. The van der Waals surface area contributed by atoms with Crippen LogP contribution in [0.15, 0.2) is 36.7 Å². The van der Waals surface area contributed by atoms with Gasteiger partial charge in [0.15, 0.2) is 0 Å². The van der Waals surface area contributed by atoms with Crippen LogP contribution >= 0.6 is 0 Å². The molecule has 1 heterocycles. The molecule has 0 bridgehead atoms. The molecule has 92 valence electrons. The van der Waals surface area contributed by atoms with Crippen LogP contribution in [0.1, 0.15) is 21.5 Å². The van der Waals surface area contributed by atoms with Crippen LogP contribution < -0.4 is 5.32 Å². The van der Waals surface area contributed by atoms with Gasteiger partial charge in [-0.25, -0.2) is 4.79 Å². The van der Waals surface area contributed by atoms with E-state index in [1.807, 2.05) is 26.0 Å². The molecule has 2 N–H and O–H groups in total. The third kappa shape index (κ3) is 2.66. The maximum Gasteiger partial charge on any atom is 0.337 e. The first-order valence-electron chi connectivity index (χ1n) is 5.59. The van der Waals surface area contributed by atoms with Crippen molar-refractivity contribution < 1.29 is 9.90 Å². The van der Waals surface area contributed by atoms with E-state index in [9.17, 15) is 4.79 Å². The summed E-state index contributed by atoms with van der Waals surface area (Å²) in [6, 6.07) is 7.11. The Morgan fingerprint density at radius 3 is 2.61 bits per heavy atom. The third-order valence-corrected chi connectivity index (χ3v) is 2.56. The maximum atomic E-state index is 11.1. The van der Waals surface area contributed by atoms with Gasteiger partial charge >= 0.3 is 5.97 Å². The highest BCUT2D eigenvalue weighted by Crippen LogP contribution is 2.22. The number of rotatable bonds is 3. The zero-order valence-electron chi connectivity index (χ0n) is 10.3. The second-order valence-corrected chi connectivity index (χ2v) is 4.23. The molecule has 0 aliphatic carbocycles. The summed E-state index contributed by atoms with van der Waals surface area (Å²) in [4.78, 5) is 15.2. The highest BCUT2D eigenvalue weighted by Gasteiger charge is 2.10. The van der Waals surface area contributed by atoms with E-state index in [0.29, 0.717) is 5.69 Å². The van der Waals surface area contributed by atoms with Crippen LogP contribution in [0.2, 0.25) is 0 Å². The molecule has 0 saturated heterocycles. The molecule has 1 aromatic carbocycles. The zero-order valence-corrected chi connectivity index (χ0v) is 10.3. The number of nitrogens with zero attached hydrogens (tertiary/aromatic N) is 1. The smallest absolute Gasteiger partial charge is 0.337 e. The van der Waals surface area contributed by atoms with Gasteiger partial charge in [-0.2, -0.15) is 0 Å². The number of aromatic nitrogens is 1. The fraction of sp³-hybridized carbons (Fsp3) is 0.143. The monoisotopic (exact) mass is 242 g/mol. The van der Waals surface area contributed by atoms with Crippen LogP contribution in [-0.4, -0.2) is 16.1 Å². The molecule has 18 heavy (non-hydrogen) atoms. The third-order valence-electron chi connectivity index (χ3n) is 2.56. The molecule has 0 saturated carbocycles. The molecule has 4 nitrogen and oxygen atoms in total. The van der Waals surface area contributed by atoms with E-state index in [-0.39, 0.29) is 5.56 Å². The summed E-state index contributed by atoms with van der Waals surface area (Å²) < 4.78 is 0. The minimum Gasteiger partial charge on any atom is -0.478 e. The van der Waals surface area contributed by atoms with Crippen LogP contribution in [0.4, 0.5) is 11.4 Å². The van der Waals surface area contributed by atoms with Crippen molar-refractivity contribution in [2.75, 3.05) is 5.32 Å². The molecule has 0 atom stereocenters. The minimum atomic E-state index is -0.946. The maximum absolute atomic E-state index is 11.1. The summed E-state index contributed by atoms with van der Waals surface area (Å²) in [5, 5.41) is 12.2. The number of hydrogen-bond donors (Lipinski definition) is 2. The second kappa shape index (κ2) is 4.87. The number of carbonyl (C=O) groups is 1. The van der Waals surface area contributed by atoms with E-state index in [2.05, 4.69) is 10.3 Å². The minimum absolute atomic E-state index is 0.252. The molecule has 0 aliphatic rings. The molecular formula is C14H14N2O2. The molecule has 0 amide bonds. The van der Waals surface area contributed by atoms with Gasteiger partial charge in [-0.3, -0.25) is 4.98 Å². The van der Waals surface area contributed by atoms with Crippen molar-refractivity contribution in [2.45, 2.75) is 13.8 Å². The molecule has 0 spiro atoms. The number of carboxylic acids is 1. The SMILES string of the molecule is Cc1cncc(Nc2cc(C)ccc2C(=O)O)c1. The van der Waals surface area contributed by atoms with Gasteiger partial charge in [0.2, 0.25) is 0 Å². The Kier molecular flexibility index (Phi) is 3.28. The molecule has 1 aromatic heterocycles. The first-order valence-corrected chi connectivity index (χ1v) is 5.59. The molecule has 0 aliphatic heterocycles. The second-order valence-electron chi connectivity index (χ2n) is 4.23. The lowest BCUT2D eigenvalue weighted by Gasteiger charge is -2.10. The number of anilines is 2. The van der Waals surface area contributed by atoms with Gasteiger partial charge in [-0.1, -0.05) is 6.07 Å². The Balaban J connectivity index is 2.39. The molecule has 0 radical (unpaired) electrons. The highest BCUT2D eigenvalue weighted by atomic mass is 16.4. The predicted molar refractivity (Wildman–Crippen MR) is 70.4 cm³/mol. The van der Waals surface area contributed by atoms with Crippen molar-refractivity contribution >= 4 is 17.3 Å². The quantitative estimate of drug-likeness (QED) is 0.868. The van der Waals surface area contributed by atoms with Gasteiger partial charge in [-0.05, 0) is 43.2 Å². The van der Waals surface area contributed by atoms with E-state index in [1.54, 1.807) is 24.5 Å². The van der Waals surface area contributed by atoms with Crippen molar-refractivity contribution in [3.05, 3.63) is 53.3 Å². The van der Waals surface area contributed by atoms with Crippen LogP contribution in [0.5, 0.6) is 0 Å². The van der Waals surface area contributed by atoms with E-state index in [1.165, 1.54) is 0 Å². The summed E-state index contributed by atoms with van der Waals surface area (Å²) >= 11 is 0. The average Bonchev–Trinajstić information content (AvgIpc) is 2.28.